The minimum Gasteiger partial charge on any atom is -0.316 e. The average Bonchev–Trinajstić information content (AvgIpc) is 2.89. The molecule has 1 atom stereocenters. The Hall–Kier alpha value is -0.0800. The maximum absolute atomic E-state index is 3.47. The molecule has 0 bridgehead atoms. The van der Waals surface area contributed by atoms with E-state index >= 15 is 0 Å². The van der Waals surface area contributed by atoms with Crippen LogP contribution in [0.2, 0.25) is 0 Å². The van der Waals surface area contributed by atoms with Crippen molar-refractivity contribution in [2.45, 2.75) is 57.9 Å². The van der Waals surface area contributed by atoms with E-state index in [-0.39, 0.29) is 0 Å². The topological polar surface area (TPSA) is 15.3 Å². The molecule has 1 heterocycles. The van der Waals surface area contributed by atoms with Gasteiger partial charge in [-0.15, -0.1) is 0 Å². The lowest BCUT2D eigenvalue weighted by molar-refractivity contribution is 0.156. The van der Waals surface area contributed by atoms with Crippen LogP contribution >= 0.6 is 0 Å². The summed E-state index contributed by atoms with van der Waals surface area (Å²) in [5.41, 5.74) is 0. The molecule has 0 aromatic heterocycles. The van der Waals surface area contributed by atoms with Crippen molar-refractivity contribution in [2.24, 2.45) is 11.8 Å². The van der Waals surface area contributed by atoms with Gasteiger partial charge in [-0.1, -0.05) is 13.3 Å². The maximum atomic E-state index is 3.47. The van der Waals surface area contributed by atoms with Crippen LogP contribution in [0.5, 0.6) is 0 Å². The molecule has 0 radical (unpaired) electrons. The molecule has 0 spiro atoms. The largest absolute Gasteiger partial charge is 0.316 e. The predicted octanol–water partition coefficient (Wildman–Crippen LogP) is 2.89. The monoisotopic (exact) mass is 238 g/mol. The lowest BCUT2D eigenvalue weighted by atomic mass is 9.84. The van der Waals surface area contributed by atoms with Crippen LogP contribution in [0.1, 0.15) is 51.9 Å². The van der Waals surface area contributed by atoms with E-state index in [4.69, 9.17) is 0 Å². The minimum absolute atomic E-state index is 0.882. The zero-order valence-electron chi connectivity index (χ0n) is 11.8. The van der Waals surface area contributed by atoms with Gasteiger partial charge in [-0.25, -0.2) is 0 Å². The summed E-state index contributed by atoms with van der Waals surface area (Å²) in [4.78, 5) is 2.64. The van der Waals surface area contributed by atoms with Gasteiger partial charge in [0.05, 0.1) is 0 Å². The molecule has 17 heavy (non-hydrogen) atoms. The molecule has 1 saturated carbocycles. The Kier molecular flexibility index (Phi) is 5.30. The van der Waals surface area contributed by atoms with Crippen LogP contribution in [0, 0.1) is 11.8 Å². The lowest BCUT2D eigenvalue weighted by Gasteiger charge is -2.34. The van der Waals surface area contributed by atoms with Gasteiger partial charge in [-0.3, -0.25) is 0 Å². The molecular weight excluding hydrogens is 208 g/mol. The quantitative estimate of drug-likeness (QED) is 0.792. The number of hydrogen-bond acceptors (Lipinski definition) is 2. The number of rotatable bonds is 5. The number of nitrogens with zero attached hydrogens (tertiary/aromatic N) is 1. The van der Waals surface area contributed by atoms with Crippen LogP contribution in [-0.4, -0.2) is 37.6 Å². The molecule has 0 amide bonds. The third-order valence-electron chi connectivity index (χ3n) is 5.07. The summed E-state index contributed by atoms with van der Waals surface area (Å²) < 4.78 is 0. The lowest BCUT2D eigenvalue weighted by Crippen LogP contribution is -2.36. The molecular formula is C15H30N2. The highest BCUT2D eigenvalue weighted by atomic mass is 15.1. The van der Waals surface area contributed by atoms with E-state index < -0.39 is 0 Å². The van der Waals surface area contributed by atoms with E-state index in [1.54, 1.807) is 0 Å². The first-order valence-corrected chi connectivity index (χ1v) is 7.70. The van der Waals surface area contributed by atoms with E-state index in [2.05, 4.69) is 24.2 Å². The van der Waals surface area contributed by atoms with E-state index in [0.717, 1.165) is 17.9 Å². The van der Waals surface area contributed by atoms with Crippen molar-refractivity contribution in [1.29, 1.82) is 0 Å². The van der Waals surface area contributed by atoms with E-state index in [9.17, 15) is 0 Å². The van der Waals surface area contributed by atoms with E-state index in [1.807, 2.05) is 0 Å². The molecule has 1 N–H and O–H groups in total. The third kappa shape index (κ3) is 3.96. The Bertz CT molecular complexity index is 203. The number of nitrogens with one attached hydrogen (secondary N) is 1. The molecule has 2 nitrogen and oxygen atoms in total. The average molecular weight is 238 g/mol. The highest BCUT2D eigenvalue weighted by Gasteiger charge is 2.23. The van der Waals surface area contributed by atoms with Crippen LogP contribution < -0.4 is 5.32 Å². The smallest absolute Gasteiger partial charge is 0.00924 e. The molecule has 2 aliphatic rings. The fourth-order valence-electron chi connectivity index (χ4n) is 3.52. The van der Waals surface area contributed by atoms with Gasteiger partial charge in [-0.2, -0.15) is 0 Å². The Balaban J connectivity index is 1.64. The van der Waals surface area contributed by atoms with Crippen LogP contribution in [0.4, 0.5) is 0 Å². The second-order valence-electron chi connectivity index (χ2n) is 6.21. The van der Waals surface area contributed by atoms with Crippen molar-refractivity contribution in [3.05, 3.63) is 0 Å². The van der Waals surface area contributed by atoms with Gasteiger partial charge in [0.15, 0.2) is 0 Å². The molecule has 1 unspecified atom stereocenters. The predicted molar refractivity (Wildman–Crippen MR) is 74.3 cm³/mol. The van der Waals surface area contributed by atoms with Crippen LogP contribution in [0.3, 0.4) is 0 Å². The third-order valence-corrected chi connectivity index (χ3v) is 5.07. The first-order chi connectivity index (χ1) is 8.29. The molecule has 0 aromatic carbocycles. The van der Waals surface area contributed by atoms with Gasteiger partial charge in [0, 0.05) is 6.04 Å². The van der Waals surface area contributed by atoms with E-state index in [0.29, 0.717) is 0 Å². The summed E-state index contributed by atoms with van der Waals surface area (Å²) in [6.45, 7) is 6.17. The van der Waals surface area contributed by atoms with Crippen molar-refractivity contribution in [3.63, 3.8) is 0 Å². The van der Waals surface area contributed by atoms with E-state index in [1.165, 1.54) is 64.6 Å². The summed E-state index contributed by atoms with van der Waals surface area (Å²) in [6, 6.07) is 0.882. The first kappa shape index (κ1) is 13.4. The summed E-state index contributed by atoms with van der Waals surface area (Å²) in [5, 5.41) is 3.47. The van der Waals surface area contributed by atoms with Crippen molar-refractivity contribution in [1.82, 2.24) is 10.2 Å². The minimum atomic E-state index is 0.882. The van der Waals surface area contributed by atoms with Crippen LogP contribution in [-0.2, 0) is 0 Å². The normalized spacial score (nSPS) is 34.4. The van der Waals surface area contributed by atoms with Gasteiger partial charge in [0.25, 0.3) is 0 Å². The Morgan fingerprint density at radius 1 is 1.06 bits per heavy atom. The molecule has 100 valence electrons. The summed E-state index contributed by atoms with van der Waals surface area (Å²) in [5.74, 6) is 1.98. The SMILES string of the molecule is CCC1CCC(N(C)CCC2CCNC2)CC1. The molecule has 1 aliphatic heterocycles. The van der Waals surface area contributed by atoms with Crippen LogP contribution in [0.15, 0.2) is 0 Å². The molecule has 2 fully saturated rings. The zero-order valence-corrected chi connectivity index (χ0v) is 11.8. The van der Waals surface area contributed by atoms with Crippen molar-refractivity contribution >= 4 is 0 Å². The molecule has 1 aliphatic carbocycles. The van der Waals surface area contributed by atoms with Crippen LogP contribution in [0.25, 0.3) is 0 Å². The highest BCUT2D eigenvalue weighted by molar-refractivity contribution is 4.79. The Morgan fingerprint density at radius 2 is 1.82 bits per heavy atom. The molecule has 1 saturated heterocycles. The summed E-state index contributed by atoms with van der Waals surface area (Å²) in [7, 11) is 2.35. The standard InChI is InChI=1S/C15H30N2/c1-3-13-4-6-15(7-5-13)17(2)11-9-14-8-10-16-12-14/h13-16H,3-12H2,1-2H3. The summed E-state index contributed by atoms with van der Waals surface area (Å²) >= 11 is 0. The molecule has 0 aromatic rings. The van der Waals surface area contributed by atoms with Gasteiger partial charge in [0.1, 0.15) is 0 Å². The second-order valence-corrected chi connectivity index (χ2v) is 6.21. The maximum Gasteiger partial charge on any atom is 0.00924 e. The molecule has 2 rings (SSSR count). The van der Waals surface area contributed by atoms with Gasteiger partial charge in [-0.05, 0) is 77.0 Å². The van der Waals surface area contributed by atoms with Gasteiger partial charge >= 0.3 is 0 Å². The van der Waals surface area contributed by atoms with Crippen molar-refractivity contribution < 1.29 is 0 Å². The Morgan fingerprint density at radius 3 is 2.41 bits per heavy atom. The zero-order chi connectivity index (χ0) is 12.1. The van der Waals surface area contributed by atoms with Gasteiger partial charge < -0.3 is 10.2 Å². The van der Waals surface area contributed by atoms with Gasteiger partial charge in [0.2, 0.25) is 0 Å². The van der Waals surface area contributed by atoms with Crippen molar-refractivity contribution in [3.8, 4) is 0 Å². The number of hydrogen-bond donors (Lipinski definition) is 1. The fourth-order valence-corrected chi connectivity index (χ4v) is 3.52. The van der Waals surface area contributed by atoms with Crippen molar-refractivity contribution in [2.75, 3.05) is 26.7 Å². The first-order valence-electron chi connectivity index (χ1n) is 7.70. The second kappa shape index (κ2) is 6.75. The Labute approximate surface area is 107 Å². The molecule has 2 heteroatoms. The summed E-state index contributed by atoms with van der Waals surface area (Å²) in [6.07, 6.45) is 10.0. The fraction of sp³-hybridized carbons (Fsp3) is 1.00. The highest BCUT2D eigenvalue weighted by Crippen LogP contribution is 2.29.